The molecule has 0 radical (unpaired) electrons. The number of nitrogens with one attached hydrogen (secondary N) is 1. The maximum absolute atomic E-state index is 10.6. The Morgan fingerprint density at radius 1 is 1.19 bits per heavy atom. The molecule has 0 aromatic heterocycles. The van der Waals surface area contributed by atoms with E-state index in [1.54, 1.807) is 0 Å². The van der Waals surface area contributed by atoms with Crippen LogP contribution in [0.5, 0.6) is 0 Å². The average Bonchev–Trinajstić information content (AvgIpc) is 2.16. The van der Waals surface area contributed by atoms with Gasteiger partial charge in [-0.25, -0.2) is 0 Å². The Hall–Kier alpha value is -0.0800. The third-order valence-electron chi connectivity index (χ3n) is 4.51. The van der Waals surface area contributed by atoms with Crippen LogP contribution < -0.4 is 5.32 Å². The molecule has 1 aliphatic carbocycles. The van der Waals surface area contributed by atoms with E-state index in [-0.39, 0.29) is 5.60 Å². The molecule has 0 aromatic carbocycles. The van der Waals surface area contributed by atoms with Crippen LogP contribution in [0.3, 0.4) is 0 Å². The molecule has 1 saturated carbocycles. The van der Waals surface area contributed by atoms with Crippen LogP contribution in [0.15, 0.2) is 0 Å². The van der Waals surface area contributed by atoms with E-state index in [0.717, 1.165) is 38.3 Å². The average molecular weight is 225 g/mol. The van der Waals surface area contributed by atoms with Crippen molar-refractivity contribution in [2.75, 3.05) is 13.1 Å². The second kappa shape index (κ2) is 4.66. The van der Waals surface area contributed by atoms with Crippen molar-refractivity contribution in [1.29, 1.82) is 0 Å². The number of hydrogen-bond acceptors (Lipinski definition) is 2. The van der Waals surface area contributed by atoms with Gasteiger partial charge in [0.15, 0.2) is 0 Å². The molecule has 2 N–H and O–H groups in total. The maximum Gasteiger partial charge on any atom is 0.0674 e. The molecule has 1 aliphatic heterocycles. The van der Waals surface area contributed by atoms with Crippen molar-refractivity contribution in [3.05, 3.63) is 0 Å². The zero-order chi connectivity index (χ0) is 11.6. The number of rotatable bonds is 2. The molecule has 1 unspecified atom stereocenters. The molecule has 2 rings (SSSR count). The molecule has 0 amide bonds. The molecule has 0 aromatic rings. The second-order valence-electron chi connectivity index (χ2n) is 6.81. The molecular formula is C14H27NO. The molecule has 16 heavy (non-hydrogen) atoms. The molecule has 94 valence electrons. The van der Waals surface area contributed by atoms with E-state index in [1.807, 2.05) is 0 Å². The fraction of sp³-hybridized carbons (Fsp3) is 1.00. The van der Waals surface area contributed by atoms with Gasteiger partial charge in [0.25, 0.3) is 0 Å². The van der Waals surface area contributed by atoms with Crippen molar-refractivity contribution in [3.63, 3.8) is 0 Å². The lowest BCUT2D eigenvalue weighted by atomic mass is 9.68. The largest absolute Gasteiger partial charge is 0.390 e. The Balaban J connectivity index is 1.88. The van der Waals surface area contributed by atoms with Crippen molar-refractivity contribution in [2.45, 2.75) is 64.4 Å². The predicted molar refractivity (Wildman–Crippen MR) is 67.4 cm³/mol. The van der Waals surface area contributed by atoms with Gasteiger partial charge in [-0.15, -0.1) is 0 Å². The Kier molecular flexibility index (Phi) is 3.60. The van der Waals surface area contributed by atoms with E-state index in [1.165, 1.54) is 25.7 Å². The lowest BCUT2D eigenvalue weighted by Crippen LogP contribution is -2.43. The topological polar surface area (TPSA) is 32.3 Å². The van der Waals surface area contributed by atoms with Crippen molar-refractivity contribution < 1.29 is 5.11 Å². The minimum Gasteiger partial charge on any atom is -0.390 e. The zero-order valence-electron chi connectivity index (χ0n) is 10.9. The summed E-state index contributed by atoms with van der Waals surface area (Å²) in [5.41, 5.74) is 0.148. The fourth-order valence-electron chi connectivity index (χ4n) is 3.66. The molecule has 2 aliphatic rings. The smallest absolute Gasteiger partial charge is 0.0674 e. The number of aliphatic hydroxyl groups is 1. The highest BCUT2D eigenvalue weighted by atomic mass is 16.3. The molecular weight excluding hydrogens is 198 g/mol. The van der Waals surface area contributed by atoms with Gasteiger partial charge in [0.05, 0.1) is 5.60 Å². The van der Waals surface area contributed by atoms with E-state index in [4.69, 9.17) is 0 Å². The summed E-state index contributed by atoms with van der Waals surface area (Å²) in [6, 6.07) is 0. The van der Waals surface area contributed by atoms with E-state index in [2.05, 4.69) is 19.2 Å². The molecule has 2 nitrogen and oxygen atoms in total. The van der Waals surface area contributed by atoms with E-state index >= 15 is 0 Å². The molecule has 1 atom stereocenters. The lowest BCUT2D eigenvalue weighted by molar-refractivity contribution is -0.0232. The van der Waals surface area contributed by atoms with Gasteiger partial charge in [-0.1, -0.05) is 26.7 Å². The molecule has 1 heterocycles. The van der Waals surface area contributed by atoms with Crippen LogP contribution in [0.2, 0.25) is 0 Å². The van der Waals surface area contributed by atoms with Crippen molar-refractivity contribution in [2.24, 2.45) is 11.3 Å². The molecule has 2 heteroatoms. The van der Waals surface area contributed by atoms with Crippen LogP contribution in [-0.4, -0.2) is 23.8 Å². The highest BCUT2D eigenvalue weighted by molar-refractivity contribution is 4.89. The molecule has 2 fully saturated rings. The van der Waals surface area contributed by atoms with E-state index in [0.29, 0.717) is 5.41 Å². The van der Waals surface area contributed by atoms with Crippen LogP contribution >= 0.6 is 0 Å². The summed E-state index contributed by atoms with van der Waals surface area (Å²) in [4.78, 5) is 0. The van der Waals surface area contributed by atoms with Gasteiger partial charge in [0, 0.05) is 0 Å². The summed E-state index contributed by atoms with van der Waals surface area (Å²) in [5, 5.41) is 13.9. The Labute approximate surface area is 99.8 Å². The van der Waals surface area contributed by atoms with Gasteiger partial charge < -0.3 is 10.4 Å². The minimum absolute atomic E-state index is 0.358. The summed E-state index contributed by atoms with van der Waals surface area (Å²) >= 11 is 0. The van der Waals surface area contributed by atoms with Gasteiger partial charge in [-0.05, 0) is 56.5 Å². The van der Waals surface area contributed by atoms with Crippen LogP contribution in [0.4, 0.5) is 0 Å². The fourth-order valence-corrected chi connectivity index (χ4v) is 3.66. The van der Waals surface area contributed by atoms with E-state index < -0.39 is 0 Å². The van der Waals surface area contributed by atoms with Crippen molar-refractivity contribution >= 4 is 0 Å². The first-order valence-corrected chi connectivity index (χ1v) is 6.92. The molecule has 0 spiro atoms. The summed E-state index contributed by atoms with van der Waals surface area (Å²) in [6.45, 7) is 6.75. The summed E-state index contributed by atoms with van der Waals surface area (Å²) in [5.74, 6) is 0.756. The standard InChI is InChI=1S/C14H27NO/c1-13(2)5-3-4-12(10-13)11-14(16)6-8-15-9-7-14/h12,15-16H,3-11H2,1-2H3. The monoisotopic (exact) mass is 225 g/mol. The summed E-state index contributed by atoms with van der Waals surface area (Å²) in [7, 11) is 0. The first-order chi connectivity index (χ1) is 7.49. The third-order valence-corrected chi connectivity index (χ3v) is 4.51. The van der Waals surface area contributed by atoms with Crippen molar-refractivity contribution in [1.82, 2.24) is 5.32 Å². The maximum atomic E-state index is 10.6. The number of hydrogen-bond donors (Lipinski definition) is 2. The normalized spacial score (nSPS) is 33.6. The van der Waals surface area contributed by atoms with Crippen LogP contribution in [0, 0.1) is 11.3 Å². The lowest BCUT2D eigenvalue weighted by Gasteiger charge is -2.41. The second-order valence-corrected chi connectivity index (χ2v) is 6.81. The van der Waals surface area contributed by atoms with Gasteiger partial charge in [0.1, 0.15) is 0 Å². The first kappa shape index (κ1) is 12.4. The summed E-state index contributed by atoms with van der Waals surface area (Å²) < 4.78 is 0. The first-order valence-electron chi connectivity index (χ1n) is 6.92. The highest BCUT2D eigenvalue weighted by Crippen LogP contribution is 2.42. The van der Waals surface area contributed by atoms with Gasteiger partial charge in [-0.2, -0.15) is 0 Å². The summed E-state index contributed by atoms with van der Waals surface area (Å²) in [6.07, 6.45) is 8.29. The molecule has 1 saturated heterocycles. The van der Waals surface area contributed by atoms with Crippen molar-refractivity contribution in [3.8, 4) is 0 Å². The van der Waals surface area contributed by atoms with Crippen LogP contribution in [0.25, 0.3) is 0 Å². The van der Waals surface area contributed by atoms with Gasteiger partial charge in [-0.3, -0.25) is 0 Å². The Morgan fingerprint density at radius 3 is 2.50 bits per heavy atom. The van der Waals surface area contributed by atoms with Gasteiger partial charge in [0.2, 0.25) is 0 Å². The SMILES string of the molecule is CC1(C)CCCC(CC2(O)CCNCC2)C1. The van der Waals surface area contributed by atoms with Crippen LogP contribution in [0.1, 0.15) is 58.8 Å². The quantitative estimate of drug-likeness (QED) is 0.757. The van der Waals surface area contributed by atoms with Crippen LogP contribution in [-0.2, 0) is 0 Å². The number of piperidine rings is 1. The Morgan fingerprint density at radius 2 is 1.88 bits per heavy atom. The minimum atomic E-state index is -0.358. The molecule has 0 bridgehead atoms. The third kappa shape index (κ3) is 3.21. The van der Waals surface area contributed by atoms with Gasteiger partial charge >= 0.3 is 0 Å². The zero-order valence-corrected chi connectivity index (χ0v) is 10.9. The highest BCUT2D eigenvalue weighted by Gasteiger charge is 2.35. The van der Waals surface area contributed by atoms with E-state index in [9.17, 15) is 5.11 Å². The predicted octanol–water partition coefficient (Wildman–Crippen LogP) is 2.71. The Bertz CT molecular complexity index is 231.